The fourth-order valence-electron chi connectivity index (χ4n) is 1.66. The van der Waals surface area contributed by atoms with Gasteiger partial charge in [0.25, 0.3) is 0 Å². The molecule has 10 nitrogen and oxygen atoms in total. The third-order valence-corrected chi connectivity index (χ3v) is 2.60. The Morgan fingerprint density at radius 3 is 2.18 bits per heavy atom. The number of anilines is 3. The van der Waals surface area contributed by atoms with Crippen LogP contribution in [0.3, 0.4) is 0 Å². The summed E-state index contributed by atoms with van der Waals surface area (Å²) in [5.41, 5.74) is 0. The molecule has 0 radical (unpaired) electrons. The summed E-state index contributed by atoms with van der Waals surface area (Å²) in [5.74, 6) is -0.0444. The fraction of sp³-hybridized carbons (Fsp3) is 0.667. The number of aliphatic hydroxyl groups excluding tert-OH is 2. The van der Waals surface area contributed by atoms with Crippen molar-refractivity contribution in [3.05, 3.63) is 0 Å². The molecule has 0 amide bonds. The van der Waals surface area contributed by atoms with E-state index in [1.54, 1.807) is 4.90 Å². The van der Waals surface area contributed by atoms with Crippen molar-refractivity contribution in [2.45, 2.75) is 13.3 Å². The van der Waals surface area contributed by atoms with Crippen LogP contribution in [0.1, 0.15) is 13.3 Å². The van der Waals surface area contributed by atoms with Crippen molar-refractivity contribution in [1.29, 1.82) is 0 Å². The first kappa shape index (κ1) is 17.9. The van der Waals surface area contributed by atoms with Gasteiger partial charge in [-0.15, -0.1) is 0 Å². The molecule has 1 rings (SSSR count). The topological polar surface area (TPSA) is 144 Å². The Bertz CT molecular complexity index is 467. The van der Waals surface area contributed by atoms with Crippen LogP contribution < -0.4 is 15.5 Å². The molecule has 10 heteroatoms. The monoisotopic (exact) mass is 314 g/mol. The molecule has 0 bridgehead atoms. The van der Waals surface area contributed by atoms with Crippen LogP contribution in [-0.4, -0.2) is 75.6 Å². The van der Waals surface area contributed by atoms with E-state index >= 15 is 0 Å². The largest absolute Gasteiger partial charge is 0.481 e. The third kappa shape index (κ3) is 6.06. The number of aromatic nitrogens is 3. The van der Waals surface area contributed by atoms with E-state index in [0.29, 0.717) is 18.4 Å². The Kier molecular flexibility index (Phi) is 7.86. The number of carboxylic acid groups (broad SMARTS) is 1. The molecular formula is C12H22N6O4. The number of carboxylic acids is 1. The van der Waals surface area contributed by atoms with Crippen LogP contribution >= 0.6 is 0 Å². The molecule has 0 aliphatic rings. The summed E-state index contributed by atoms with van der Waals surface area (Å²) in [5, 5.41) is 32.6. The van der Waals surface area contributed by atoms with E-state index in [1.165, 1.54) is 0 Å². The van der Waals surface area contributed by atoms with Crippen molar-refractivity contribution < 1.29 is 20.1 Å². The third-order valence-electron chi connectivity index (χ3n) is 2.60. The lowest BCUT2D eigenvalue weighted by Crippen LogP contribution is -2.32. The first-order chi connectivity index (χ1) is 10.6. The van der Waals surface area contributed by atoms with Gasteiger partial charge in [0.05, 0.1) is 19.6 Å². The zero-order valence-corrected chi connectivity index (χ0v) is 12.5. The van der Waals surface area contributed by atoms with Gasteiger partial charge in [0, 0.05) is 26.2 Å². The Hall–Kier alpha value is -2.20. The van der Waals surface area contributed by atoms with Crippen molar-refractivity contribution >= 4 is 23.8 Å². The summed E-state index contributed by atoms with van der Waals surface area (Å²) in [6.07, 6.45) is -0.0610. The number of hydrogen-bond acceptors (Lipinski definition) is 9. The van der Waals surface area contributed by atoms with E-state index in [1.807, 2.05) is 6.92 Å². The van der Waals surface area contributed by atoms with Crippen LogP contribution in [0, 0.1) is 0 Å². The van der Waals surface area contributed by atoms with E-state index < -0.39 is 5.97 Å². The zero-order chi connectivity index (χ0) is 16.4. The molecule has 0 unspecified atom stereocenters. The van der Waals surface area contributed by atoms with Crippen LogP contribution in [0.5, 0.6) is 0 Å². The molecule has 0 atom stereocenters. The summed E-state index contributed by atoms with van der Waals surface area (Å²) in [6, 6.07) is 0. The van der Waals surface area contributed by atoms with Crippen molar-refractivity contribution in [2.75, 3.05) is 54.9 Å². The highest BCUT2D eigenvalue weighted by Crippen LogP contribution is 2.13. The maximum absolute atomic E-state index is 10.5. The number of nitrogens with one attached hydrogen (secondary N) is 2. The minimum Gasteiger partial charge on any atom is -0.481 e. The molecule has 1 aromatic heterocycles. The van der Waals surface area contributed by atoms with Crippen LogP contribution in [-0.2, 0) is 4.79 Å². The fourth-order valence-corrected chi connectivity index (χ4v) is 1.66. The lowest BCUT2D eigenvalue weighted by atomic mass is 10.4. The normalized spacial score (nSPS) is 10.3. The molecule has 0 aliphatic carbocycles. The summed E-state index contributed by atoms with van der Waals surface area (Å²) in [4.78, 5) is 24.7. The first-order valence-corrected chi connectivity index (χ1v) is 7.03. The van der Waals surface area contributed by atoms with E-state index in [0.717, 1.165) is 0 Å². The number of rotatable bonds is 11. The molecule has 0 spiro atoms. The van der Waals surface area contributed by atoms with E-state index in [9.17, 15) is 4.79 Å². The average Bonchev–Trinajstić information content (AvgIpc) is 2.47. The lowest BCUT2D eigenvalue weighted by Gasteiger charge is -2.21. The molecule has 124 valence electrons. The molecular weight excluding hydrogens is 292 g/mol. The van der Waals surface area contributed by atoms with Gasteiger partial charge >= 0.3 is 5.97 Å². The van der Waals surface area contributed by atoms with Crippen LogP contribution in [0.15, 0.2) is 0 Å². The maximum atomic E-state index is 10.5. The van der Waals surface area contributed by atoms with Gasteiger partial charge in [-0.05, 0) is 6.92 Å². The summed E-state index contributed by atoms with van der Waals surface area (Å²) < 4.78 is 0. The standard InChI is InChI=1S/C12H22N6O4/c1-2-13-10-15-11(14-4-3-9(21)22)17-12(16-10)18(5-7-19)6-8-20/h19-20H,2-8H2,1H3,(H,21,22)(H2,13,14,15,16,17). The van der Waals surface area contributed by atoms with Crippen molar-refractivity contribution in [3.63, 3.8) is 0 Å². The van der Waals surface area contributed by atoms with Gasteiger partial charge in [0.15, 0.2) is 0 Å². The molecule has 0 saturated carbocycles. The smallest absolute Gasteiger partial charge is 0.305 e. The van der Waals surface area contributed by atoms with E-state index in [-0.39, 0.29) is 45.2 Å². The number of aliphatic carboxylic acids is 1. The van der Waals surface area contributed by atoms with E-state index in [2.05, 4.69) is 25.6 Å². The molecule has 0 aromatic carbocycles. The predicted octanol–water partition coefficient (Wildman–Crippen LogP) is -1.02. The zero-order valence-electron chi connectivity index (χ0n) is 12.5. The van der Waals surface area contributed by atoms with E-state index in [4.69, 9.17) is 15.3 Å². The molecule has 5 N–H and O–H groups in total. The van der Waals surface area contributed by atoms with Gasteiger partial charge in [-0.1, -0.05) is 0 Å². The van der Waals surface area contributed by atoms with Crippen LogP contribution in [0.2, 0.25) is 0 Å². The number of hydrogen-bond donors (Lipinski definition) is 5. The highest BCUT2D eigenvalue weighted by atomic mass is 16.4. The number of carbonyl (C=O) groups is 1. The molecule has 0 fully saturated rings. The number of aliphatic hydroxyl groups is 2. The second-order valence-electron chi connectivity index (χ2n) is 4.32. The minimum absolute atomic E-state index is 0.0610. The maximum Gasteiger partial charge on any atom is 0.305 e. The summed E-state index contributed by atoms with van der Waals surface area (Å²) >= 11 is 0. The Morgan fingerprint density at radius 2 is 1.68 bits per heavy atom. The summed E-state index contributed by atoms with van der Waals surface area (Å²) in [6.45, 7) is 3.01. The van der Waals surface area contributed by atoms with Crippen molar-refractivity contribution in [1.82, 2.24) is 15.0 Å². The Morgan fingerprint density at radius 1 is 1.09 bits per heavy atom. The van der Waals surface area contributed by atoms with Gasteiger partial charge < -0.3 is 30.9 Å². The second-order valence-corrected chi connectivity index (χ2v) is 4.32. The van der Waals surface area contributed by atoms with Crippen molar-refractivity contribution in [2.24, 2.45) is 0 Å². The molecule has 1 aromatic rings. The molecule has 1 heterocycles. The van der Waals surface area contributed by atoms with Crippen molar-refractivity contribution in [3.8, 4) is 0 Å². The highest BCUT2D eigenvalue weighted by Gasteiger charge is 2.13. The highest BCUT2D eigenvalue weighted by molar-refractivity contribution is 5.67. The first-order valence-electron chi connectivity index (χ1n) is 7.03. The van der Waals surface area contributed by atoms with Crippen LogP contribution in [0.25, 0.3) is 0 Å². The molecule has 0 aliphatic heterocycles. The van der Waals surface area contributed by atoms with Crippen LogP contribution in [0.4, 0.5) is 17.8 Å². The van der Waals surface area contributed by atoms with Gasteiger partial charge in [-0.2, -0.15) is 15.0 Å². The second kappa shape index (κ2) is 9.68. The molecule has 0 saturated heterocycles. The average molecular weight is 314 g/mol. The molecule has 22 heavy (non-hydrogen) atoms. The van der Waals surface area contributed by atoms with Gasteiger partial charge in [0.1, 0.15) is 0 Å². The van der Waals surface area contributed by atoms with Gasteiger partial charge in [0.2, 0.25) is 17.8 Å². The SMILES string of the molecule is CCNc1nc(NCCC(=O)O)nc(N(CCO)CCO)n1. The lowest BCUT2D eigenvalue weighted by molar-refractivity contribution is -0.136. The Labute approximate surface area is 128 Å². The quantitative estimate of drug-likeness (QED) is 0.344. The predicted molar refractivity (Wildman–Crippen MR) is 81.1 cm³/mol. The Balaban J connectivity index is 2.93. The summed E-state index contributed by atoms with van der Waals surface area (Å²) in [7, 11) is 0. The van der Waals surface area contributed by atoms with Gasteiger partial charge in [-0.25, -0.2) is 0 Å². The number of nitrogens with zero attached hydrogens (tertiary/aromatic N) is 4. The minimum atomic E-state index is -0.920. The van der Waals surface area contributed by atoms with Gasteiger partial charge in [-0.3, -0.25) is 4.79 Å².